The summed E-state index contributed by atoms with van der Waals surface area (Å²) in [4.78, 5) is 40.1. The number of carboxylic acids is 1. The number of likely N-dealkylation sites (tertiary alicyclic amines) is 1. The third kappa shape index (κ3) is 5.15. The Morgan fingerprint density at radius 3 is 2.70 bits per heavy atom. The lowest BCUT2D eigenvalue weighted by atomic mass is 9.95. The van der Waals surface area contributed by atoms with E-state index in [0.29, 0.717) is 25.4 Å². The molecule has 7 nitrogen and oxygen atoms in total. The van der Waals surface area contributed by atoms with E-state index in [0.717, 1.165) is 24.3 Å². The van der Waals surface area contributed by atoms with E-state index in [2.05, 4.69) is 5.32 Å². The van der Waals surface area contributed by atoms with Crippen molar-refractivity contribution in [2.45, 2.75) is 25.3 Å². The summed E-state index contributed by atoms with van der Waals surface area (Å²) < 4.78 is 0. The number of amides is 3. The quantitative estimate of drug-likeness (QED) is 0.822. The smallest absolute Gasteiger partial charge is 0.321 e. The zero-order valence-electron chi connectivity index (χ0n) is 15.2. The van der Waals surface area contributed by atoms with E-state index in [-0.39, 0.29) is 30.3 Å². The van der Waals surface area contributed by atoms with Crippen molar-refractivity contribution in [3.05, 3.63) is 30.3 Å². The summed E-state index contributed by atoms with van der Waals surface area (Å²) in [6.45, 7) is 1.58. The van der Waals surface area contributed by atoms with E-state index in [1.807, 2.05) is 30.3 Å². The number of carbonyl (C=O) groups excluding carboxylic acids is 2. The lowest BCUT2D eigenvalue weighted by Gasteiger charge is -2.39. The Morgan fingerprint density at radius 2 is 1.96 bits per heavy atom. The number of benzene rings is 1. The maximum absolute atomic E-state index is 13.0. The van der Waals surface area contributed by atoms with Crippen LogP contribution in [0.5, 0.6) is 0 Å². The Balaban J connectivity index is 1.61. The second-order valence-corrected chi connectivity index (χ2v) is 8.09. The van der Waals surface area contributed by atoms with Crippen molar-refractivity contribution in [2.75, 3.05) is 36.5 Å². The standard InChI is InChI=1S/C19H25N3O4S/c23-17(24)11-16-13-27-10-9-22(16)18(25)14-5-4-8-21(12-14)19(26)20-15-6-2-1-3-7-15/h1-3,6-7,14,16H,4-5,8-13H2,(H,20,26)(H,23,24). The highest BCUT2D eigenvalue weighted by molar-refractivity contribution is 7.99. The van der Waals surface area contributed by atoms with Gasteiger partial charge in [0.15, 0.2) is 0 Å². The lowest BCUT2D eigenvalue weighted by Crippen LogP contribution is -2.53. The van der Waals surface area contributed by atoms with Gasteiger partial charge < -0.3 is 20.2 Å². The van der Waals surface area contributed by atoms with Crippen LogP contribution in [0.3, 0.4) is 0 Å². The number of carbonyl (C=O) groups is 3. The Kier molecular flexibility index (Phi) is 6.60. The van der Waals surface area contributed by atoms with E-state index in [9.17, 15) is 14.4 Å². The maximum atomic E-state index is 13.0. The second kappa shape index (κ2) is 9.12. The molecule has 0 bridgehead atoms. The fraction of sp³-hybridized carbons (Fsp3) is 0.526. The van der Waals surface area contributed by atoms with Gasteiger partial charge in [-0.3, -0.25) is 9.59 Å². The van der Waals surface area contributed by atoms with Gasteiger partial charge in [-0.1, -0.05) is 18.2 Å². The first-order valence-corrected chi connectivity index (χ1v) is 10.4. The van der Waals surface area contributed by atoms with E-state index >= 15 is 0 Å². The maximum Gasteiger partial charge on any atom is 0.321 e. The molecule has 0 spiro atoms. The van der Waals surface area contributed by atoms with Crippen LogP contribution in [0.15, 0.2) is 30.3 Å². The number of nitrogens with one attached hydrogen (secondary N) is 1. The summed E-state index contributed by atoms with van der Waals surface area (Å²) in [6, 6.07) is 8.79. The second-order valence-electron chi connectivity index (χ2n) is 6.94. The predicted molar refractivity (Wildman–Crippen MR) is 105 cm³/mol. The van der Waals surface area contributed by atoms with Crippen molar-refractivity contribution in [3.8, 4) is 0 Å². The average Bonchev–Trinajstić information content (AvgIpc) is 2.68. The van der Waals surface area contributed by atoms with Gasteiger partial charge in [-0.15, -0.1) is 0 Å². The molecular weight excluding hydrogens is 366 g/mol. The molecule has 3 amide bonds. The van der Waals surface area contributed by atoms with Crippen LogP contribution < -0.4 is 5.32 Å². The van der Waals surface area contributed by atoms with Crippen LogP contribution in [0.2, 0.25) is 0 Å². The fourth-order valence-corrected chi connectivity index (χ4v) is 4.70. The molecule has 8 heteroatoms. The molecule has 146 valence electrons. The highest BCUT2D eigenvalue weighted by Gasteiger charge is 2.36. The van der Waals surface area contributed by atoms with Crippen LogP contribution in [0, 0.1) is 5.92 Å². The van der Waals surface area contributed by atoms with Gasteiger partial charge >= 0.3 is 12.0 Å². The first kappa shape index (κ1) is 19.5. The molecule has 3 rings (SSSR count). The first-order valence-electron chi connectivity index (χ1n) is 9.25. The Labute approximate surface area is 163 Å². The number of anilines is 1. The molecule has 2 aliphatic heterocycles. The normalized spacial score (nSPS) is 23.0. The summed E-state index contributed by atoms with van der Waals surface area (Å²) in [6.07, 6.45) is 1.48. The number of hydrogen-bond donors (Lipinski definition) is 2. The fourth-order valence-electron chi connectivity index (χ4n) is 3.64. The van der Waals surface area contributed by atoms with E-state index < -0.39 is 5.97 Å². The number of thioether (sulfide) groups is 1. The summed E-state index contributed by atoms with van der Waals surface area (Å²) in [7, 11) is 0. The summed E-state index contributed by atoms with van der Waals surface area (Å²) in [5.74, 6) is 0.321. The Morgan fingerprint density at radius 1 is 1.19 bits per heavy atom. The van der Waals surface area contributed by atoms with Crippen LogP contribution in [0.1, 0.15) is 19.3 Å². The predicted octanol–water partition coefficient (Wildman–Crippen LogP) is 2.35. The van der Waals surface area contributed by atoms with E-state index in [1.165, 1.54) is 0 Å². The van der Waals surface area contributed by atoms with Crippen molar-refractivity contribution in [2.24, 2.45) is 5.92 Å². The minimum absolute atomic E-state index is 0.0150. The number of urea groups is 1. The van der Waals surface area contributed by atoms with Crippen LogP contribution >= 0.6 is 11.8 Å². The molecule has 2 N–H and O–H groups in total. The zero-order chi connectivity index (χ0) is 19.2. The molecule has 0 saturated carbocycles. The topological polar surface area (TPSA) is 90.0 Å². The van der Waals surface area contributed by atoms with Crippen molar-refractivity contribution in [3.63, 3.8) is 0 Å². The zero-order valence-corrected chi connectivity index (χ0v) is 16.0. The molecule has 2 fully saturated rings. The molecule has 0 aliphatic carbocycles. The van der Waals surface area contributed by atoms with Gasteiger partial charge in [0.1, 0.15) is 0 Å². The number of piperidine rings is 1. The molecular formula is C19H25N3O4S. The first-order chi connectivity index (χ1) is 13.0. The molecule has 2 aliphatic rings. The molecule has 27 heavy (non-hydrogen) atoms. The minimum atomic E-state index is -0.882. The largest absolute Gasteiger partial charge is 0.481 e. The van der Waals surface area contributed by atoms with Crippen LogP contribution in [-0.2, 0) is 9.59 Å². The molecule has 2 heterocycles. The number of aliphatic carboxylic acids is 1. The van der Waals surface area contributed by atoms with Gasteiger partial charge in [-0.05, 0) is 25.0 Å². The van der Waals surface area contributed by atoms with E-state index in [4.69, 9.17) is 5.11 Å². The van der Waals surface area contributed by atoms with Gasteiger partial charge in [0, 0.05) is 36.8 Å². The number of carboxylic acid groups (broad SMARTS) is 1. The highest BCUT2D eigenvalue weighted by atomic mass is 32.2. The summed E-state index contributed by atoms with van der Waals surface area (Å²) >= 11 is 1.69. The summed E-state index contributed by atoms with van der Waals surface area (Å²) in [5.41, 5.74) is 0.727. The molecule has 1 aromatic rings. The number of rotatable bonds is 4. The van der Waals surface area contributed by atoms with Crippen molar-refractivity contribution < 1.29 is 19.5 Å². The number of para-hydroxylation sites is 1. The van der Waals surface area contributed by atoms with Crippen LogP contribution in [0.25, 0.3) is 0 Å². The van der Waals surface area contributed by atoms with E-state index in [1.54, 1.807) is 21.6 Å². The van der Waals surface area contributed by atoms with Gasteiger partial charge in [0.05, 0.1) is 18.4 Å². The van der Waals surface area contributed by atoms with Crippen LogP contribution in [-0.4, -0.2) is 70.0 Å². The van der Waals surface area contributed by atoms with Gasteiger partial charge in [-0.25, -0.2) is 4.79 Å². The lowest BCUT2D eigenvalue weighted by molar-refractivity contribution is -0.142. The van der Waals surface area contributed by atoms with Crippen LogP contribution in [0.4, 0.5) is 10.5 Å². The number of hydrogen-bond acceptors (Lipinski definition) is 4. The molecule has 0 aromatic heterocycles. The average molecular weight is 391 g/mol. The molecule has 2 atom stereocenters. The summed E-state index contributed by atoms with van der Waals surface area (Å²) in [5, 5.41) is 12.0. The molecule has 2 unspecified atom stereocenters. The van der Waals surface area contributed by atoms with Gasteiger partial charge in [0.25, 0.3) is 0 Å². The SMILES string of the molecule is O=C(O)CC1CSCCN1C(=O)C1CCCN(C(=O)Nc2ccccc2)C1. The van der Waals surface area contributed by atoms with Crippen molar-refractivity contribution in [1.82, 2.24) is 9.80 Å². The van der Waals surface area contributed by atoms with Crippen molar-refractivity contribution in [1.29, 1.82) is 0 Å². The minimum Gasteiger partial charge on any atom is -0.481 e. The third-order valence-electron chi connectivity index (χ3n) is 5.00. The third-order valence-corrected chi connectivity index (χ3v) is 6.10. The molecule has 0 radical (unpaired) electrons. The van der Waals surface area contributed by atoms with Gasteiger partial charge in [0.2, 0.25) is 5.91 Å². The number of nitrogens with zero attached hydrogens (tertiary/aromatic N) is 2. The Bertz CT molecular complexity index is 685. The van der Waals surface area contributed by atoms with Gasteiger partial charge in [-0.2, -0.15) is 11.8 Å². The molecule has 2 saturated heterocycles. The highest BCUT2D eigenvalue weighted by Crippen LogP contribution is 2.25. The Hall–Kier alpha value is -2.22. The molecule has 1 aromatic carbocycles. The monoisotopic (exact) mass is 391 g/mol. The van der Waals surface area contributed by atoms with Crippen molar-refractivity contribution >= 4 is 35.4 Å².